The van der Waals surface area contributed by atoms with Crippen LogP contribution in [0.15, 0.2) is 59.5 Å². The lowest BCUT2D eigenvalue weighted by molar-refractivity contribution is 0.521. The molecule has 0 heterocycles. The molecule has 0 amide bonds. The van der Waals surface area contributed by atoms with E-state index in [2.05, 4.69) is 5.32 Å². The highest BCUT2D eigenvalue weighted by Gasteiger charge is 2.32. The van der Waals surface area contributed by atoms with Crippen molar-refractivity contribution in [2.75, 3.05) is 7.05 Å². The molecule has 0 saturated carbocycles. The van der Waals surface area contributed by atoms with Crippen LogP contribution in [-0.4, -0.2) is 20.7 Å². The number of halogens is 1. The van der Waals surface area contributed by atoms with Gasteiger partial charge >= 0.3 is 0 Å². The Labute approximate surface area is 124 Å². The van der Waals surface area contributed by atoms with Crippen molar-refractivity contribution in [2.45, 2.75) is 23.1 Å². The van der Waals surface area contributed by atoms with E-state index in [9.17, 15) is 12.8 Å². The molecule has 0 aliphatic rings. The first-order chi connectivity index (χ1) is 9.98. The molecule has 1 N–H and O–H groups in total. The highest BCUT2D eigenvalue weighted by atomic mass is 32.2. The van der Waals surface area contributed by atoms with Gasteiger partial charge in [0.25, 0.3) is 0 Å². The molecule has 2 aromatic carbocycles. The van der Waals surface area contributed by atoms with Crippen LogP contribution in [0.5, 0.6) is 0 Å². The van der Waals surface area contributed by atoms with Crippen LogP contribution in [0.1, 0.15) is 18.5 Å². The fourth-order valence-electron chi connectivity index (χ4n) is 2.39. The van der Waals surface area contributed by atoms with E-state index in [4.69, 9.17) is 0 Å². The minimum atomic E-state index is -3.77. The monoisotopic (exact) mass is 307 g/mol. The molecule has 0 fully saturated rings. The van der Waals surface area contributed by atoms with Crippen LogP contribution in [0.25, 0.3) is 0 Å². The average molecular weight is 307 g/mol. The zero-order valence-electron chi connectivity index (χ0n) is 12.0. The number of sulfone groups is 1. The topological polar surface area (TPSA) is 46.2 Å². The van der Waals surface area contributed by atoms with Crippen LogP contribution in [0.3, 0.4) is 0 Å². The van der Waals surface area contributed by atoms with Gasteiger partial charge in [-0.3, -0.25) is 0 Å². The predicted octanol–water partition coefficient (Wildman–Crippen LogP) is 2.95. The van der Waals surface area contributed by atoms with Gasteiger partial charge in [-0.1, -0.05) is 42.5 Å². The normalized spacial score (nSPS) is 14.6. The zero-order valence-corrected chi connectivity index (χ0v) is 12.8. The summed E-state index contributed by atoms with van der Waals surface area (Å²) in [5, 5.41) is 2.22. The maximum absolute atomic E-state index is 13.8. The molecular formula is C16H18FNO2S. The number of hydrogen-bond acceptors (Lipinski definition) is 3. The first-order valence-corrected chi connectivity index (χ1v) is 8.23. The van der Waals surface area contributed by atoms with Gasteiger partial charge in [0.15, 0.2) is 9.84 Å². The second kappa shape index (κ2) is 6.37. The second-order valence-electron chi connectivity index (χ2n) is 4.86. The SMILES string of the molecule is CNC(c1ccccc1)C(C)S(=O)(=O)c1ccccc1F. The van der Waals surface area contributed by atoms with E-state index in [-0.39, 0.29) is 4.90 Å². The van der Waals surface area contributed by atoms with Gasteiger partial charge in [0, 0.05) is 6.04 Å². The fraction of sp³-hybridized carbons (Fsp3) is 0.250. The number of hydrogen-bond donors (Lipinski definition) is 1. The van der Waals surface area contributed by atoms with Gasteiger partial charge in [-0.25, -0.2) is 12.8 Å². The molecule has 112 valence electrons. The largest absolute Gasteiger partial charge is 0.312 e. The molecule has 3 nitrogen and oxygen atoms in total. The minimum Gasteiger partial charge on any atom is -0.312 e. The van der Waals surface area contributed by atoms with Gasteiger partial charge in [-0.05, 0) is 31.7 Å². The third-order valence-electron chi connectivity index (χ3n) is 3.57. The van der Waals surface area contributed by atoms with Crippen LogP contribution in [0.2, 0.25) is 0 Å². The lowest BCUT2D eigenvalue weighted by Gasteiger charge is -2.24. The predicted molar refractivity (Wildman–Crippen MR) is 81.3 cm³/mol. The van der Waals surface area contributed by atoms with E-state index in [1.807, 2.05) is 30.3 Å². The van der Waals surface area contributed by atoms with Crippen molar-refractivity contribution in [1.82, 2.24) is 5.32 Å². The summed E-state index contributed by atoms with van der Waals surface area (Å²) >= 11 is 0. The second-order valence-corrected chi connectivity index (χ2v) is 7.13. The van der Waals surface area contributed by atoms with Gasteiger partial charge in [0.05, 0.1) is 5.25 Å². The highest BCUT2D eigenvalue weighted by Crippen LogP contribution is 2.27. The summed E-state index contributed by atoms with van der Waals surface area (Å²) in [7, 11) is -2.07. The van der Waals surface area contributed by atoms with Crippen molar-refractivity contribution in [3.05, 3.63) is 66.0 Å². The summed E-state index contributed by atoms with van der Waals surface area (Å²) in [4.78, 5) is -0.256. The van der Waals surface area contributed by atoms with E-state index in [0.29, 0.717) is 0 Å². The van der Waals surface area contributed by atoms with Crippen LogP contribution in [0, 0.1) is 5.82 Å². The summed E-state index contributed by atoms with van der Waals surface area (Å²) in [5.41, 5.74) is 0.854. The van der Waals surface area contributed by atoms with E-state index in [0.717, 1.165) is 11.6 Å². The van der Waals surface area contributed by atoms with Crippen molar-refractivity contribution < 1.29 is 12.8 Å². The molecule has 2 aromatic rings. The quantitative estimate of drug-likeness (QED) is 0.924. The van der Waals surface area contributed by atoms with Gasteiger partial charge in [0.1, 0.15) is 10.7 Å². The molecule has 0 aliphatic heterocycles. The Hall–Kier alpha value is -1.72. The van der Waals surface area contributed by atoms with Crippen LogP contribution in [-0.2, 0) is 9.84 Å². The first kappa shape index (κ1) is 15.7. The lowest BCUT2D eigenvalue weighted by atomic mass is 10.0. The summed E-state index contributed by atoms with van der Waals surface area (Å²) in [6, 6.07) is 14.3. The number of rotatable bonds is 5. The maximum Gasteiger partial charge on any atom is 0.185 e. The van der Waals surface area contributed by atoms with E-state index in [1.165, 1.54) is 18.2 Å². The molecule has 5 heteroatoms. The van der Waals surface area contributed by atoms with Crippen molar-refractivity contribution in [3.63, 3.8) is 0 Å². The fourth-order valence-corrected chi connectivity index (χ4v) is 4.05. The molecule has 0 radical (unpaired) electrons. The van der Waals surface area contributed by atoms with Crippen LogP contribution in [0.4, 0.5) is 4.39 Å². The van der Waals surface area contributed by atoms with Crippen LogP contribution < -0.4 is 5.32 Å². The third kappa shape index (κ3) is 3.14. The van der Waals surface area contributed by atoms with E-state index >= 15 is 0 Å². The minimum absolute atomic E-state index is 0.256. The van der Waals surface area contributed by atoms with Crippen molar-refractivity contribution >= 4 is 9.84 Å². The Morgan fingerprint density at radius 3 is 2.14 bits per heavy atom. The molecule has 2 rings (SSSR count). The van der Waals surface area contributed by atoms with Crippen molar-refractivity contribution in [3.8, 4) is 0 Å². The summed E-state index contributed by atoms with van der Waals surface area (Å²) in [5.74, 6) is -0.715. The average Bonchev–Trinajstić information content (AvgIpc) is 2.49. The van der Waals surface area contributed by atoms with Gasteiger partial charge in [-0.15, -0.1) is 0 Å². The molecule has 0 bridgehead atoms. The molecule has 0 aliphatic carbocycles. The summed E-state index contributed by atoms with van der Waals surface area (Å²) in [6.45, 7) is 1.59. The molecule has 2 unspecified atom stereocenters. The van der Waals surface area contributed by atoms with Crippen LogP contribution >= 0.6 is 0 Å². The third-order valence-corrected chi connectivity index (χ3v) is 5.77. The van der Waals surface area contributed by atoms with Gasteiger partial charge in [0.2, 0.25) is 0 Å². The lowest BCUT2D eigenvalue weighted by Crippen LogP contribution is -2.34. The molecule has 0 spiro atoms. The molecule has 2 atom stereocenters. The Kier molecular flexibility index (Phi) is 4.75. The van der Waals surface area contributed by atoms with E-state index in [1.54, 1.807) is 14.0 Å². The Bertz CT molecular complexity index is 701. The summed E-state index contributed by atoms with van der Waals surface area (Å²) < 4.78 is 39.1. The highest BCUT2D eigenvalue weighted by molar-refractivity contribution is 7.92. The molecular weight excluding hydrogens is 289 g/mol. The first-order valence-electron chi connectivity index (χ1n) is 6.69. The Balaban J connectivity index is 2.42. The van der Waals surface area contributed by atoms with Gasteiger partial charge in [-0.2, -0.15) is 0 Å². The zero-order chi connectivity index (χ0) is 15.5. The molecule has 21 heavy (non-hydrogen) atoms. The number of nitrogens with one attached hydrogen (secondary N) is 1. The van der Waals surface area contributed by atoms with Crippen molar-refractivity contribution in [2.24, 2.45) is 0 Å². The van der Waals surface area contributed by atoms with Gasteiger partial charge < -0.3 is 5.32 Å². The number of benzene rings is 2. The molecule has 0 saturated heterocycles. The van der Waals surface area contributed by atoms with E-state index < -0.39 is 26.9 Å². The van der Waals surface area contributed by atoms with Crippen molar-refractivity contribution in [1.29, 1.82) is 0 Å². The molecule has 0 aromatic heterocycles. The summed E-state index contributed by atoms with van der Waals surface area (Å²) in [6.07, 6.45) is 0. The standard InChI is InChI=1S/C16H18FNO2S/c1-12(16(18-2)13-8-4-3-5-9-13)21(19,20)15-11-7-6-10-14(15)17/h3-12,16,18H,1-2H3. The smallest absolute Gasteiger partial charge is 0.185 e. The maximum atomic E-state index is 13.8. The Morgan fingerprint density at radius 1 is 1.00 bits per heavy atom. The Morgan fingerprint density at radius 2 is 1.57 bits per heavy atom.